The van der Waals surface area contributed by atoms with Gasteiger partial charge in [-0.25, -0.2) is 17.6 Å². The number of unbranched alkanes of at least 4 members (excludes halogenated alkanes) is 1. The van der Waals surface area contributed by atoms with E-state index in [9.17, 15) is 22.4 Å². The van der Waals surface area contributed by atoms with Crippen molar-refractivity contribution in [3.05, 3.63) is 68.6 Å². The fourth-order valence-corrected chi connectivity index (χ4v) is 3.06. The van der Waals surface area contributed by atoms with E-state index < -0.39 is 24.2 Å². The number of carboxylic acid groups (broad SMARTS) is 1. The van der Waals surface area contributed by atoms with Gasteiger partial charge in [-0.1, -0.05) is 56.1 Å². The number of benzene rings is 2. The Hall–Kier alpha value is -1.92. The van der Waals surface area contributed by atoms with Crippen LogP contribution in [-0.2, 0) is 16.6 Å². The first kappa shape index (κ1) is 27.1. The Kier molecular flexibility index (Phi) is 11.2. The van der Waals surface area contributed by atoms with Crippen LogP contribution in [0.4, 0.5) is 17.6 Å². The summed E-state index contributed by atoms with van der Waals surface area (Å²) in [7, 11) is 0. The van der Waals surface area contributed by atoms with Crippen LogP contribution in [0, 0.1) is 11.3 Å². The van der Waals surface area contributed by atoms with E-state index in [4.69, 9.17) is 10.4 Å². The quantitative estimate of drug-likeness (QED) is 0.247. The number of halogens is 6. The fourth-order valence-electron chi connectivity index (χ4n) is 2.53. The molecule has 31 heavy (non-hydrogen) atoms. The summed E-state index contributed by atoms with van der Waals surface area (Å²) in [5.74, 6) is -6.85. The van der Waals surface area contributed by atoms with E-state index in [0.29, 0.717) is 0 Å². The molecule has 0 saturated heterocycles. The van der Waals surface area contributed by atoms with Crippen LogP contribution in [-0.4, -0.2) is 11.1 Å². The number of carboxylic acids is 1. The van der Waals surface area contributed by atoms with Crippen molar-refractivity contribution in [1.29, 1.82) is 5.26 Å². The van der Waals surface area contributed by atoms with Crippen LogP contribution >= 0.6 is 31.9 Å². The van der Waals surface area contributed by atoms with Crippen molar-refractivity contribution < 1.29 is 27.5 Å². The highest BCUT2D eigenvalue weighted by Gasteiger charge is 2.31. The van der Waals surface area contributed by atoms with Crippen LogP contribution < -0.4 is 0 Å². The van der Waals surface area contributed by atoms with Gasteiger partial charge in [0.05, 0.1) is 6.07 Å². The van der Waals surface area contributed by atoms with Crippen molar-refractivity contribution in [1.82, 2.24) is 0 Å². The van der Waals surface area contributed by atoms with Crippen molar-refractivity contribution in [2.24, 2.45) is 0 Å². The van der Waals surface area contributed by atoms with E-state index >= 15 is 0 Å². The van der Waals surface area contributed by atoms with Crippen molar-refractivity contribution >= 4 is 37.8 Å². The minimum absolute atomic E-state index is 0.00337. The Morgan fingerprint density at radius 3 is 1.58 bits per heavy atom. The first-order valence-corrected chi connectivity index (χ1v) is 10.9. The maximum absolute atomic E-state index is 13.5. The summed E-state index contributed by atoms with van der Waals surface area (Å²) in [4.78, 5) is 10.2. The standard InChI is InChI=1S/C11H10BrF2N.C11H11BrF2O2/c12-10-5-3-9(4-6-10)11(13,14)7-1-2-8-15;12-9-5-3-8(4-6-9)11(13,14)7-1-2-10(15)16/h3-6H,1-2,7H2;3-6H,1-2,7H2,(H,15,16). The average Bonchev–Trinajstić information content (AvgIpc) is 2.69. The van der Waals surface area contributed by atoms with Crippen molar-refractivity contribution in [3.8, 4) is 6.07 Å². The zero-order valence-corrected chi connectivity index (χ0v) is 19.6. The Bertz CT molecular complexity index is 867. The van der Waals surface area contributed by atoms with Crippen molar-refractivity contribution in [3.63, 3.8) is 0 Å². The molecule has 0 saturated carbocycles. The molecule has 0 spiro atoms. The highest BCUT2D eigenvalue weighted by atomic mass is 79.9. The van der Waals surface area contributed by atoms with Crippen LogP contribution in [0.5, 0.6) is 0 Å². The molecule has 0 aliphatic carbocycles. The van der Waals surface area contributed by atoms with Gasteiger partial charge in [-0.2, -0.15) is 5.26 Å². The monoisotopic (exact) mass is 565 g/mol. The number of nitrogens with zero attached hydrogens (tertiary/aromatic N) is 1. The van der Waals surface area contributed by atoms with Crippen molar-refractivity contribution in [2.45, 2.75) is 50.4 Å². The summed E-state index contributed by atoms with van der Waals surface area (Å²) in [5, 5.41) is 16.6. The van der Waals surface area contributed by atoms with E-state index in [0.717, 1.165) is 8.95 Å². The summed E-state index contributed by atoms with van der Waals surface area (Å²) < 4.78 is 55.5. The van der Waals surface area contributed by atoms with E-state index in [1.807, 2.05) is 6.07 Å². The number of aliphatic carboxylic acids is 1. The third-order valence-corrected chi connectivity index (χ3v) is 5.25. The first-order chi connectivity index (χ1) is 14.5. The zero-order chi connectivity index (χ0) is 23.5. The number of carbonyl (C=O) groups is 1. The SMILES string of the molecule is N#CCCCC(F)(F)c1ccc(Br)cc1.O=C(O)CCCC(F)(F)c1ccc(Br)cc1. The highest BCUT2D eigenvalue weighted by molar-refractivity contribution is 9.10. The Morgan fingerprint density at radius 1 is 0.839 bits per heavy atom. The van der Waals surface area contributed by atoms with Gasteiger partial charge in [0, 0.05) is 45.8 Å². The largest absolute Gasteiger partial charge is 0.481 e. The molecule has 0 radical (unpaired) electrons. The lowest BCUT2D eigenvalue weighted by atomic mass is 10.0. The molecule has 3 nitrogen and oxygen atoms in total. The van der Waals surface area contributed by atoms with E-state index in [2.05, 4.69) is 31.9 Å². The summed E-state index contributed by atoms with van der Waals surface area (Å²) in [6.45, 7) is 0. The second-order valence-corrected chi connectivity index (χ2v) is 8.51. The molecule has 1 N–H and O–H groups in total. The van der Waals surface area contributed by atoms with E-state index in [1.165, 1.54) is 24.3 Å². The van der Waals surface area contributed by atoms with Gasteiger partial charge in [0.25, 0.3) is 11.8 Å². The molecule has 0 unspecified atom stereocenters. The average molecular weight is 567 g/mol. The van der Waals surface area contributed by atoms with Crippen LogP contribution in [0.1, 0.15) is 49.7 Å². The minimum Gasteiger partial charge on any atom is -0.481 e. The molecule has 0 atom stereocenters. The van der Waals surface area contributed by atoms with Gasteiger partial charge in [0.15, 0.2) is 0 Å². The lowest BCUT2D eigenvalue weighted by Crippen LogP contribution is -2.13. The maximum Gasteiger partial charge on any atom is 0.303 e. The van der Waals surface area contributed by atoms with Gasteiger partial charge in [-0.15, -0.1) is 0 Å². The predicted octanol–water partition coefficient (Wildman–Crippen LogP) is 8.03. The number of alkyl halides is 4. The number of hydrogen-bond donors (Lipinski definition) is 1. The van der Waals surface area contributed by atoms with Gasteiger partial charge in [-0.05, 0) is 37.1 Å². The second kappa shape index (κ2) is 12.8. The number of hydrogen-bond acceptors (Lipinski definition) is 2. The van der Waals surface area contributed by atoms with Crippen LogP contribution in [0.15, 0.2) is 57.5 Å². The van der Waals surface area contributed by atoms with Crippen LogP contribution in [0.25, 0.3) is 0 Å². The van der Waals surface area contributed by atoms with E-state index in [-0.39, 0.29) is 43.2 Å². The van der Waals surface area contributed by atoms with Gasteiger partial charge >= 0.3 is 5.97 Å². The molecule has 0 aromatic heterocycles. The highest BCUT2D eigenvalue weighted by Crippen LogP contribution is 2.34. The Balaban J connectivity index is 0.000000311. The molecule has 0 aliphatic rings. The number of rotatable bonds is 9. The van der Waals surface area contributed by atoms with Crippen LogP contribution in [0.3, 0.4) is 0 Å². The third kappa shape index (κ3) is 10.3. The van der Waals surface area contributed by atoms with Gasteiger partial charge in [0.2, 0.25) is 0 Å². The molecule has 0 amide bonds. The maximum atomic E-state index is 13.5. The molecule has 168 valence electrons. The number of nitriles is 1. The molecular formula is C22H21Br2F4NO2. The lowest BCUT2D eigenvalue weighted by Gasteiger charge is -2.16. The topological polar surface area (TPSA) is 61.1 Å². The van der Waals surface area contributed by atoms with Gasteiger partial charge < -0.3 is 5.11 Å². The summed E-state index contributed by atoms with van der Waals surface area (Å²) in [6, 6.07) is 13.6. The molecule has 9 heteroatoms. The summed E-state index contributed by atoms with van der Waals surface area (Å²) in [6.07, 6.45) is -0.584. The first-order valence-electron chi connectivity index (χ1n) is 9.34. The summed E-state index contributed by atoms with van der Waals surface area (Å²) in [5.41, 5.74) is -0.0790. The minimum atomic E-state index is -2.96. The smallest absolute Gasteiger partial charge is 0.303 e. The lowest BCUT2D eigenvalue weighted by molar-refractivity contribution is -0.137. The molecular weight excluding hydrogens is 546 g/mol. The Morgan fingerprint density at radius 2 is 1.23 bits per heavy atom. The normalized spacial score (nSPS) is 11.3. The zero-order valence-electron chi connectivity index (χ0n) is 16.4. The van der Waals surface area contributed by atoms with Gasteiger partial charge in [0.1, 0.15) is 0 Å². The molecule has 0 bridgehead atoms. The van der Waals surface area contributed by atoms with E-state index in [1.54, 1.807) is 24.3 Å². The second-order valence-electron chi connectivity index (χ2n) is 6.68. The fraction of sp³-hybridized carbons (Fsp3) is 0.364. The molecule has 2 aromatic carbocycles. The van der Waals surface area contributed by atoms with Gasteiger partial charge in [-0.3, -0.25) is 4.79 Å². The van der Waals surface area contributed by atoms with Crippen molar-refractivity contribution in [2.75, 3.05) is 0 Å². The predicted molar refractivity (Wildman–Crippen MR) is 117 cm³/mol. The molecule has 0 aliphatic heterocycles. The molecule has 2 rings (SSSR count). The molecule has 0 fully saturated rings. The molecule has 2 aromatic rings. The third-order valence-electron chi connectivity index (χ3n) is 4.19. The molecule has 0 heterocycles. The Labute approximate surface area is 195 Å². The summed E-state index contributed by atoms with van der Waals surface area (Å²) >= 11 is 6.35. The van der Waals surface area contributed by atoms with Crippen LogP contribution in [0.2, 0.25) is 0 Å².